The third kappa shape index (κ3) is 2.23. The number of aromatic nitrogens is 2. The molecule has 1 heterocycles. The summed E-state index contributed by atoms with van der Waals surface area (Å²) in [5.74, 6) is 0. The van der Waals surface area contributed by atoms with Crippen LogP contribution < -0.4 is 5.73 Å². The van der Waals surface area contributed by atoms with Crippen LogP contribution in [-0.4, -0.2) is 16.2 Å². The van der Waals surface area contributed by atoms with E-state index in [1.54, 1.807) is 0 Å². The van der Waals surface area contributed by atoms with Crippen LogP contribution in [0.5, 0.6) is 0 Å². The Morgan fingerprint density at radius 1 is 1.19 bits per heavy atom. The summed E-state index contributed by atoms with van der Waals surface area (Å²) in [4.78, 5) is 8.52. The van der Waals surface area contributed by atoms with E-state index in [2.05, 4.69) is 9.97 Å². The van der Waals surface area contributed by atoms with E-state index in [0.717, 1.165) is 21.8 Å². The van der Waals surface area contributed by atoms with Crippen LogP contribution in [0, 0.1) is 0 Å². The van der Waals surface area contributed by atoms with Gasteiger partial charge in [-0.3, -0.25) is 0 Å². The van der Waals surface area contributed by atoms with Crippen molar-refractivity contribution in [2.45, 2.75) is 11.7 Å². The van der Waals surface area contributed by atoms with Crippen LogP contribution in [0.1, 0.15) is 5.56 Å². The van der Waals surface area contributed by atoms with Crippen molar-refractivity contribution in [1.29, 1.82) is 0 Å². The summed E-state index contributed by atoms with van der Waals surface area (Å²) < 4.78 is 0. The molecule has 82 valence electrons. The Labute approximate surface area is 99.1 Å². The summed E-state index contributed by atoms with van der Waals surface area (Å²) in [7, 11) is 0. The maximum Gasteiger partial charge on any atom is 0.187 e. The number of hydrogen-bond acceptors (Lipinski definition) is 4. The van der Waals surface area contributed by atoms with E-state index in [9.17, 15) is 0 Å². The molecule has 1 aromatic carbocycles. The van der Waals surface area contributed by atoms with E-state index in [0.29, 0.717) is 6.54 Å². The molecule has 4 heteroatoms. The predicted octanol–water partition coefficient (Wildman–Crippen LogP) is 2.32. The second kappa shape index (κ2) is 5.09. The molecule has 0 amide bonds. The van der Waals surface area contributed by atoms with Gasteiger partial charge in [0.1, 0.15) is 0 Å². The number of thioether (sulfide) groups is 1. The van der Waals surface area contributed by atoms with Crippen molar-refractivity contribution >= 4 is 11.8 Å². The summed E-state index contributed by atoms with van der Waals surface area (Å²) in [6, 6.07) is 8.05. The molecule has 0 saturated heterocycles. The van der Waals surface area contributed by atoms with E-state index in [1.165, 1.54) is 11.8 Å². The average Bonchev–Trinajstić information content (AvgIpc) is 2.39. The van der Waals surface area contributed by atoms with E-state index < -0.39 is 0 Å². The molecule has 3 nitrogen and oxygen atoms in total. The fourth-order valence-corrected chi connectivity index (χ4v) is 1.86. The van der Waals surface area contributed by atoms with Gasteiger partial charge in [0.05, 0.1) is 0 Å². The zero-order valence-electron chi connectivity index (χ0n) is 9.05. The Kier molecular flexibility index (Phi) is 3.54. The highest BCUT2D eigenvalue weighted by Crippen LogP contribution is 2.22. The minimum atomic E-state index is 0.528. The Morgan fingerprint density at radius 3 is 2.50 bits per heavy atom. The number of benzene rings is 1. The van der Waals surface area contributed by atoms with E-state index >= 15 is 0 Å². The molecule has 0 unspecified atom stereocenters. The van der Waals surface area contributed by atoms with Crippen molar-refractivity contribution in [3.63, 3.8) is 0 Å². The highest BCUT2D eigenvalue weighted by molar-refractivity contribution is 7.98. The minimum absolute atomic E-state index is 0.528. The molecule has 16 heavy (non-hydrogen) atoms. The normalized spacial score (nSPS) is 10.4. The summed E-state index contributed by atoms with van der Waals surface area (Å²) in [6.45, 7) is 0.528. The molecule has 0 bridgehead atoms. The molecule has 0 aliphatic rings. The molecule has 0 saturated carbocycles. The Morgan fingerprint density at radius 2 is 1.88 bits per heavy atom. The summed E-state index contributed by atoms with van der Waals surface area (Å²) in [5, 5.41) is 0.786. The smallest absolute Gasteiger partial charge is 0.187 e. The van der Waals surface area contributed by atoms with Crippen molar-refractivity contribution in [3.8, 4) is 11.1 Å². The van der Waals surface area contributed by atoms with Crippen LogP contribution in [0.4, 0.5) is 0 Å². The van der Waals surface area contributed by atoms with Crippen LogP contribution in [0.3, 0.4) is 0 Å². The van der Waals surface area contributed by atoms with Gasteiger partial charge in [-0.2, -0.15) is 0 Å². The third-order valence-electron chi connectivity index (χ3n) is 2.36. The quantitative estimate of drug-likeness (QED) is 0.650. The molecule has 0 aliphatic heterocycles. The van der Waals surface area contributed by atoms with Gasteiger partial charge in [0.2, 0.25) is 0 Å². The van der Waals surface area contributed by atoms with Gasteiger partial charge in [-0.25, -0.2) is 9.97 Å². The number of rotatable bonds is 3. The highest BCUT2D eigenvalue weighted by Gasteiger charge is 2.04. The van der Waals surface area contributed by atoms with Crippen LogP contribution in [0.15, 0.2) is 41.8 Å². The minimum Gasteiger partial charge on any atom is -0.326 e. The van der Waals surface area contributed by atoms with Crippen molar-refractivity contribution in [3.05, 3.63) is 42.2 Å². The first-order valence-electron chi connectivity index (χ1n) is 4.99. The lowest BCUT2D eigenvalue weighted by atomic mass is 10.0. The average molecular weight is 231 g/mol. The largest absolute Gasteiger partial charge is 0.326 e. The molecule has 2 rings (SSSR count). The van der Waals surface area contributed by atoms with Crippen molar-refractivity contribution in [1.82, 2.24) is 9.97 Å². The molecule has 1 aromatic heterocycles. The van der Waals surface area contributed by atoms with Gasteiger partial charge in [0.25, 0.3) is 0 Å². The first kappa shape index (κ1) is 11.1. The van der Waals surface area contributed by atoms with Crippen LogP contribution in [0.2, 0.25) is 0 Å². The van der Waals surface area contributed by atoms with E-state index in [-0.39, 0.29) is 0 Å². The van der Waals surface area contributed by atoms with Gasteiger partial charge in [-0.15, -0.1) is 0 Å². The van der Waals surface area contributed by atoms with Crippen molar-refractivity contribution in [2.24, 2.45) is 5.73 Å². The van der Waals surface area contributed by atoms with Crippen LogP contribution >= 0.6 is 11.8 Å². The first-order chi connectivity index (χ1) is 7.85. The van der Waals surface area contributed by atoms with Gasteiger partial charge in [-0.05, 0) is 17.4 Å². The molecule has 0 fully saturated rings. The highest BCUT2D eigenvalue weighted by atomic mass is 32.2. The lowest BCUT2D eigenvalue weighted by Gasteiger charge is -2.06. The zero-order valence-corrected chi connectivity index (χ0v) is 9.87. The first-order valence-corrected chi connectivity index (χ1v) is 6.22. The molecule has 0 aliphatic carbocycles. The Bertz CT molecular complexity index is 468. The standard InChI is InChI=1S/C12H13N3S/c1-16-12-14-7-10(8-15-12)11-5-3-2-4-9(11)6-13/h2-5,7-8H,6,13H2,1H3. The molecule has 0 atom stereocenters. The summed E-state index contributed by atoms with van der Waals surface area (Å²) >= 11 is 1.54. The molecule has 0 radical (unpaired) electrons. The topological polar surface area (TPSA) is 51.8 Å². The van der Waals surface area contributed by atoms with Gasteiger partial charge >= 0.3 is 0 Å². The summed E-state index contributed by atoms with van der Waals surface area (Å²) in [6.07, 6.45) is 5.64. The van der Waals surface area contributed by atoms with Crippen LogP contribution in [-0.2, 0) is 6.54 Å². The SMILES string of the molecule is CSc1ncc(-c2ccccc2CN)cn1. The number of nitrogens with zero attached hydrogens (tertiary/aromatic N) is 2. The lowest BCUT2D eigenvalue weighted by Crippen LogP contribution is -1.99. The third-order valence-corrected chi connectivity index (χ3v) is 2.93. The van der Waals surface area contributed by atoms with Gasteiger partial charge in [0, 0.05) is 24.5 Å². The lowest BCUT2D eigenvalue weighted by molar-refractivity contribution is 0.970. The molecular weight excluding hydrogens is 218 g/mol. The molecular formula is C12H13N3S. The van der Waals surface area contributed by atoms with Crippen molar-refractivity contribution < 1.29 is 0 Å². The predicted molar refractivity (Wildman–Crippen MR) is 67.1 cm³/mol. The number of nitrogens with two attached hydrogens (primary N) is 1. The fourth-order valence-electron chi connectivity index (χ4n) is 1.54. The maximum atomic E-state index is 5.70. The molecule has 0 spiro atoms. The molecule has 2 aromatic rings. The van der Waals surface area contributed by atoms with Gasteiger partial charge < -0.3 is 5.73 Å². The Balaban J connectivity index is 2.42. The van der Waals surface area contributed by atoms with Crippen molar-refractivity contribution in [2.75, 3.05) is 6.26 Å². The van der Waals surface area contributed by atoms with E-state index in [4.69, 9.17) is 5.73 Å². The van der Waals surface area contributed by atoms with Crippen LogP contribution in [0.25, 0.3) is 11.1 Å². The summed E-state index contributed by atoms with van der Waals surface area (Å²) in [5.41, 5.74) is 8.93. The zero-order chi connectivity index (χ0) is 11.4. The molecule has 2 N–H and O–H groups in total. The van der Waals surface area contributed by atoms with E-state index in [1.807, 2.05) is 42.9 Å². The van der Waals surface area contributed by atoms with Gasteiger partial charge in [-0.1, -0.05) is 36.0 Å². The second-order valence-electron chi connectivity index (χ2n) is 3.32. The Hall–Kier alpha value is -1.39. The fraction of sp³-hybridized carbons (Fsp3) is 0.167. The monoisotopic (exact) mass is 231 g/mol. The number of hydrogen-bond donors (Lipinski definition) is 1. The maximum absolute atomic E-state index is 5.70. The second-order valence-corrected chi connectivity index (χ2v) is 4.09. The van der Waals surface area contributed by atoms with Gasteiger partial charge in [0.15, 0.2) is 5.16 Å².